The molecule has 0 atom stereocenters. The van der Waals surface area contributed by atoms with Crippen molar-refractivity contribution in [2.24, 2.45) is 5.92 Å². The third kappa shape index (κ3) is 3.67. The minimum atomic E-state index is 0. The quantitative estimate of drug-likeness (QED) is 0.893. The van der Waals surface area contributed by atoms with Gasteiger partial charge in [-0.05, 0) is 23.3 Å². The monoisotopic (exact) mass is 337 g/mol. The van der Waals surface area contributed by atoms with Crippen LogP contribution in [0.3, 0.4) is 0 Å². The highest BCUT2D eigenvalue weighted by Gasteiger charge is 2.26. The second-order valence-corrected chi connectivity index (χ2v) is 6.36. The number of hydrogen-bond acceptors (Lipinski definition) is 3. The van der Waals surface area contributed by atoms with E-state index < -0.39 is 0 Å². The summed E-state index contributed by atoms with van der Waals surface area (Å²) in [6.45, 7) is 8.06. The molecule has 0 bridgehead atoms. The van der Waals surface area contributed by atoms with Crippen LogP contribution in [-0.2, 0) is 17.9 Å². The van der Waals surface area contributed by atoms with E-state index in [9.17, 15) is 9.59 Å². The van der Waals surface area contributed by atoms with Crippen LogP contribution in [0.25, 0.3) is 0 Å². The fraction of sp³-hybridized carbons (Fsp3) is 0.529. The molecule has 3 rings (SSSR count). The molecule has 5 nitrogen and oxygen atoms in total. The summed E-state index contributed by atoms with van der Waals surface area (Å²) < 4.78 is 0. The molecule has 1 aromatic carbocycles. The van der Waals surface area contributed by atoms with Gasteiger partial charge in [-0.2, -0.15) is 0 Å². The predicted molar refractivity (Wildman–Crippen MR) is 91.6 cm³/mol. The largest absolute Gasteiger partial charge is 0.339 e. The van der Waals surface area contributed by atoms with Crippen molar-refractivity contribution in [2.45, 2.75) is 26.9 Å². The Hall–Kier alpha value is -1.59. The van der Waals surface area contributed by atoms with Crippen LogP contribution in [0.5, 0.6) is 0 Å². The molecule has 0 spiro atoms. The minimum Gasteiger partial charge on any atom is -0.339 e. The Morgan fingerprint density at radius 2 is 1.61 bits per heavy atom. The number of nitrogens with zero attached hydrogens (tertiary/aromatic N) is 2. The molecule has 1 N–H and O–H groups in total. The molecular weight excluding hydrogens is 314 g/mol. The number of benzene rings is 1. The lowest BCUT2D eigenvalue weighted by Crippen LogP contribution is -2.51. The van der Waals surface area contributed by atoms with Crippen molar-refractivity contribution < 1.29 is 9.59 Å². The molecule has 1 aromatic rings. The van der Waals surface area contributed by atoms with Gasteiger partial charge >= 0.3 is 0 Å². The zero-order valence-electron chi connectivity index (χ0n) is 13.7. The average Bonchev–Trinajstić information content (AvgIpc) is 3.01. The van der Waals surface area contributed by atoms with Gasteiger partial charge in [0.1, 0.15) is 0 Å². The molecule has 2 amide bonds. The van der Waals surface area contributed by atoms with Gasteiger partial charge in [-0.25, -0.2) is 0 Å². The molecule has 0 aromatic heterocycles. The van der Waals surface area contributed by atoms with Crippen molar-refractivity contribution in [2.75, 3.05) is 26.2 Å². The SMILES string of the molecule is CC(C)C(=O)N1CCN(C(=O)c2ccc3c(c2)CNC3)CC1.Cl. The number of carbonyl (C=O) groups excluding carboxylic acids is 2. The van der Waals surface area contributed by atoms with Crippen molar-refractivity contribution in [3.63, 3.8) is 0 Å². The van der Waals surface area contributed by atoms with Crippen LogP contribution in [-0.4, -0.2) is 47.8 Å². The van der Waals surface area contributed by atoms with Crippen LogP contribution in [0.1, 0.15) is 35.3 Å². The maximum absolute atomic E-state index is 12.6. The molecule has 0 saturated carbocycles. The molecule has 0 aliphatic carbocycles. The summed E-state index contributed by atoms with van der Waals surface area (Å²) in [6, 6.07) is 5.96. The summed E-state index contributed by atoms with van der Waals surface area (Å²) in [5, 5.41) is 3.29. The smallest absolute Gasteiger partial charge is 0.253 e. The molecule has 23 heavy (non-hydrogen) atoms. The van der Waals surface area contributed by atoms with E-state index in [0.717, 1.165) is 18.7 Å². The first kappa shape index (κ1) is 17.8. The molecule has 126 valence electrons. The lowest BCUT2D eigenvalue weighted by atomic mass is 10.1. The summed E-state index contributed by atoms with van der Waals surface area (Å²) in [7, 11) is 0. The van der Waals surface area contributed by atoms with E-state index in [1.54, 1.807) is 0 Å². The van der Waals surface area contributed by atoms with Gasteiger partial charge in [0, 0.05) is 50.7 Å². The van der Waals surface area contributed by atoms with Crippen molar-refractivity contribution in [3.8, 4) is 0 Å². The normalized spacial score (nSPS) is 17.0. The zero-order chi connectivity index (χ0) is 15.7. The summed E-state index contributed by atoms with van der Waals surface area (Å²) in [6.07, 6.45) is 0. The van der Waals surface area contributed by atoms with Crippen molar-refractivity contribution >= 4 is 24.2 Å². The molecule has 1 fully saturated rings. The molecule has 0 unspecified atom stereocenters. The van der Waals surface area contributed by atoms with E-state index >= 15 is 0 Å². The first-order valence-electron chi connectivity index (χ1n) is 7.97. The lowest BCUT2D eigenvalue weighted by Gasteiger charge is -2.35. The maximum atomic E-state index is 12.6. The van der Waals surface area contributed by atoms with Gasteiger partial charge in [-0.3, -0.25) is 9.59 Å². The van der Waals surface area contributed by atoms with Crippen molar-refractivity contribution in [3.05, 3.63) is 34.9 Å². The third-order valence-electron chi connectivity index (χ3n) is 4.46. The Bertz CT molecular complexity index is 596. The molecule has 2 aliphatic rings. The van der Waals surface area contributed by atoms with E-state index in [1.165, 1.54) is 11.1 Å². The fourth-order valence-electron chi connectivity index (χ4n) is 3.11. The second kappa shape index (κ2) is 7.32. The summed E-state index contributed by atoms with van der Waals surface area (Å²) >= 11 is 0. The summed E-state index contributed by atoms with van der Waals surface area (Å²) in [4.78, 5) is 28.3. The van der Waals surface area contributed by atoms with Gasteiger partial charge in [0.2, 0.25) is 5.91 Å². The van der Waals surface area contributed by atoms with E-state index in [4.69, 9.17) is 0 Å². The molecule has 2 heterocycles. The van der Waals surface area contributed by atoms with Gasteiger partial charge in [-0.1, -0.05) is 19.9 Å². The molecule has 0 radical (unpaired) electrons. The topological polar surface area (TPSA) is 52.7 Å². The van der Waals surface area contributed by atoms with Crippen LogP contribution < -0.4 is 5.32 Å². The highest BCUT2D eigenvalue weighted by molar-refractivity contribution is 5.94. The highest BCUT2D eigenvalue weighted by Crippen LogP contribution is 2.19. The standard InChI is InChI=1S/C17H23N3O2.ClH/c1-12(2)16(21)19-5-7-20(8-6-19)17(22)13-3-4-14-10-18-11-15(14)9-13;/h3-4,9,12,18H,5-8,10-11H2,1-2H3;1H. The summed E-state index contributed by atoms with van der Waals surface area (Å²) in [5.41, 5.74) is 3.26. The van der Waals surface area contributed by atoms with Gasteiger partial charge in [-0.15, -0.1) is 12.4 Å². The fourth-order valence-corrected chi connectivity index (χ4v) is 3.11. The van der Waals surface area contributed by atoms with Crippen LogP contribution in [0, 0.1) is 5.92 Å². The number of rotatable bonds is 2. The van der Waals surface area contributed by atoms with Gasteiger partial charge in [0.05, 0.1) is 0 Å². The van der Waals surface area contributed by atoms with Crippen LogP contribution in [0.4, 0.5) is 0 Å². The van der Waals surface area contributed by atoms with Gasteiger partial charge < -0.3 is 15.1 Å². The van der Waals surface area contributed by atoms with E-state index in [1.807, 2.05) is 41.8 Å². The van der Waals surface area contributed by atoms with Crippen LogP contribution in [0.15, 0.2) is 18.2 Å². The van der Waals surface area contributed by atoms with E-state index in [2.05, 4.69) is 5.32 Å². The summed E-state index contributed by atoms with van der Waals surface area (Å²) in [5.74, 6) is 0.272. The molecule has 6 heteroatoms. The Morgan fingerprint density at radius 3 is 2.26 bits per heavy atom. The number of fused-ring (bicyclic) bond motifs is 1. The second-order valence-electron chi connectivity index (χ2n) is 6.36. The first-order chi connectivity index (χ1) is 10.6. The zero-order valence-corrected chi connectivity index (χ0v) is 14.5. The van der Waals surface area contributed by atoms with E-state index in [0.29, 0.717) is 26.2 Å². The number of piperazine rings is 1. The average molecular weight is 338 g/mol. The molecule has 1 saturated heterocycles. The maximum Gasteiger partial charge on any atom is 0.253 e. The molecule has 2 aliphatic heterocycles. The Labute approximate surface area is 143 Å². The van der Waals surface area contributed by atoms with Crippen LogP contribution in [0.2, 0.25) is 0 Å². The Balaban J connectivity index is 0.00000192. The number of halogens is 1. The van der Waals surface area contributed by atoms with Gasteiger partial charge in [0.15, 0.2) is 0 Å². The minimum absolute atomic E-state index is 0. The Morgan fingerprint density at radius 1 is 1.00 bits per heavy atom. The van der Waals surface area contributed by atoms with Crippen LogP contribution >= 0.6 is 12.4 Å². The number of nitrogens with one attached hydrogen (secondary N) is 1. The van der Waals surface area contributed by atoms with Crippen molar-refractivity contribution in [1.29, 1.82) is 0 Å². The van der Waals surface area contributed by atoms with Gasteiger partial charge in [0.25, 0.3) is 5.91 Å². The highest BCUT2D eigenvalue weighted by atomic mass is 35.5. The number of amides is 2. The Kier molecular flexibility index (Phi) is 5.65. The lowest BCUT2D eigenvalue weighted by molar-refractivity contribution is -0.135. The molecular formula is C17H24ClN3O2. The number of hydrogen-bond donors (Lipinski definition) is 1. The predicted octanol–water partition coefficient (Wildman–Crippen LogP) is 1.65. The number of carbonyl (C=O) groups is 2. The van der Waals surface area contributed by atoms with E-state index in [-0.39, 0.29) is 30.1 Å². The third-order valence-corrected chi connectivity index (χ3v) is 4.46. The van der Waals surface area contributed by atoms with Crippen molar-refractivity contribution in [1.82, 2.24) is 15.1 Å². The first-order valence-corrected chi connectivity index (χ1v) is 7.97.